The van der Waals surface area contributed by atoms with Crippen molar-refractivity contribution in [3.63, 3.8) is 0 Å². The van der Waals surface area contributed by atoms with Crippen LogP contribution < -0.4 is 0 Å². The van der Waals surface area contributed by atoms with E-state index >= 15 is 0 Å². The Morgan fingerprint density at radius 3 is 0.922 bits per heavy atom. The highest BCUT2D eigenvalue weighted by Gasteiger charge is 2.39. The van der Waals surface area contributed by atoms with Crippen LogP contribution >= 0.6 is 0 Å². The highest BCUT2D eigenvalue weighted by Crippen LogP contribution is 2.57. The highest BCUT2D eigenvalue weighted by atomic mass is 14.4. The Morgan fingerprint density at radius 2 is 0.440 bits per heavy atom. The summed E-state index contributed by atoms with van der Waals surface area (Å²) in [6.45, 7) is 9.50. The third-order valence-electron chi connectivity index (χ3n) is 26.2. The normalized spacial score (nSPS) is 13.1. The van der Waals surface area contributed by atoms with Crippen molar-refractivity contribution in [2.45, 2.75) is 38.5 Å². The maximum atomic E-state index is 2.42. The van der Waals surface area contributed by atoms with E-state index in [4.69, 9.17) is 0 Å². The van der Waals surface area contributed by atoms with Gasteiger partial charge >= 0.3 is 0 Å². The van der Waals surface area contributed by atoms with E-state index < -0.39 is 0 Å². The molecule has 0 heteroatoms. The molecule has 0 bridgehead atoms. The maximum Gasteiger partial charge on any atom is 0.0159 e. The summed E-state index contributed by atoms with van der Waals surface area (Å²) in [4.78, 5) is 0. The smallest absolute Gasteiger partial charge is 0.0159 e. The molecular formula is C116H78. The van der Waals surface area contributed by atoms with Gasteiger partial charge in [-0.05, 0) is 289 Å². The number of hydrogen-bond donors (Lipinski definition) is 0. The van der Waals surface area contributed by atoms with Crippen LogP contribution in [0.4, 0.5) is 0 Å². The van der Waals surface area contributed by atoms with Gasteiger partial charge in [0, 0.05) is 10.8 Å². The molecule has 0 atom stereocenters. The fraction of sp³-hybridized carbons (Fsp3) is 0.0517. The Bertz CT molecular complexity index is 7810. The summed E-state index contributed by atoms with van der Waals surface area (Å²) < 4.78 is 0. The van der Waals surface area contributed by atoms with E-state index in [0.29, 0.717) is 0 Å². The average Bonchev–Trinajstić information content (AvgIpc) is 1.69. The summed E-state index contributed by atoms with van der Waals surface area (Å²) in [5.74, 6) is 0. The van der Waals surface area contributed by atoms with Gasteiger partial charge in [-0.2, -0.15) is 0 Å². The van der Waals surface area contributed by atoms with Crippen molar-refractivity contribution in [1.29, 1.82) is 0 Å². The minimum absolute atomic E-state index is 0.0736. The largest absolute Gasteiger partial charge is 0.0616 e. The second-order valence-electron chi connectivity index (χ2n) is 33.2. The molecule has 542 valence electrons. The van der Waals surface area contributed by atoms with Crippen molar-refractivity contribution in [1.82, 2.24) is 0 Å². The van der Waals surface area contributed by atoms with E-state index in [1.165, 1.54) is 241 Å². The summed E-state index contributed by atoms with van der Waals surface area (Å²) >= 11 is 0. The molecular weight excluding hydrogens is 1390 g/mol. The molecule has 2 aliphatic carbocycles. The standard InChI is InChI=1S/C59H40.C57H38/c1-59(2)54-28-14-27-45(58(54)53-34-39-15-3-4-16-40(39)36-55(53)59)37-29-31-38(32-30-37)56-48-23-9-11-25-50(48)57(51-26-12-10-24-49(51)56)43-19-13-18-41(33-43)52-35-42-17-5-6-20-44(42)46-21-7-8-22-47(46)52;1-57(2)52-24-12-21-42(56(52)51-33-39-15-5-6-16-40(39)34-53(51)57)35-25-27-36(28-26-35)54-46-17-7-9-19-48(46)55(49-20-10-8-18-47(49)54)45-23-11-22-43-44(45)30-29-41-31-37-13-3-4-14-38(37)32-50(41)43/h3-36H,1-2H3;3-34H,1-2H3. The Balaban J connectivity index is 0.000000137. The van der Waals surface area contributed by atoms with Crippen molar-refractivity contribution >= 4 is 118 Å². The topological polar surface area (TPSA) is 0 Å². The molecule has 0 fully saturated rings. The SMILES string of the molecule is CC1(C)c2cc3ccccc3cc2-c2c(-c3ccc(-c4c5ccccc5c(-c5cccc(-c6cc7ccccc7c7ccccc67)c5)c5ccccc45)cc3)cccc21.CC1(C)c2cc3ccccc3cc2-c2c(-c3ccc(-c4c5ccccc5c(-c5cccc6c5ccc5cc7ccccc7cc56)c5ccccc45)cc3)cccc21. The first-order chi connectivity index (χ1) is 57.1. The van der Waals surface area contributed by atoms with Crippen molar-refractivity contribution in [2.24, 2.45) is 0 Å². The molecule has 22 aromatic rings. The van der Waals surface area contributed by atoms with Crippen LogP contribution in [0.15, 0.2) is 400 Å². The molecule has 0 spiro atoms. The zero-order valence-corrected chi connectivity index (χ0v) is 65.1. The van der Waals surface area contributed by atoms with Crippen molar-refractivity contribution < 1.29 is 0 Å². The predicted octanol–water partition coefficient (Wildman–Crippen LogP) is 32.3. The van der Waals surface area contributed by atoms with Crippen LogP contribution in [0.25, 0.3) is 219 Å². The molecule has 0 saturated heterocycles. The first kappa shape index (κ1) is 67.4. The van der Waals surface area contributed by atoms with Gasteiger partial charge in [-0.15, -0.1) is 0 Å². The van der Waals surface area contributed by atoms with Crippen LogP contribution in [0, 0.1) is 0 Å². The van der Waals surface area contributed by atoms with Gasteiger partial charge in [-0.1, -0.05) is 380 Å². The minimum atomic E-state index is -0.0764. The van der Waals surface area contributed by atoms with Crippen LogP contribution in [0.1, 0.15) is 49.9 Å². The molecule has 0 unspecified atom stereocenters. The Hall–Kier alpha value is -14.3. The minimum Gasteiger partial charge on any atom is -0.0616 e. The van der Waals surface area contributed by atoms with Gasteiger partial charge in [0.25, 0.3) is 0 Å². The number of rotatable bonds is 7. The van der Waals surface area contributed by atoms with Gasteiger partial charge in [-0.25, -0.2) is 0 Å². The third-order valence-corrected chi connectivity index (χ3v) is 26.2. The van der Waals surface area contributed by atoms with Gasteiger partial charge < -0.3 is 0 Å². The average molecular weight is 1470 g/mol. The number of hydrogen-bond acceptors (Lipinski definition) is 0. The van der Waals surface area contributed by atoms with Gasteiger partial charge in [0.1, 0.15) is 0 Å². The van der Waals surface area contributed by atoms with Gasteiger partial charge in [0.15, 0.2) is 0 Å². The van der Waals surface area contributed by atoms with Crippen LogP contribution in [-0.2, 0) is 10.8 Å². The molecule has 0 aromatic heterocycles. The Labute approximate surface area is 675 Å². The van der Waals surface area contributed by atoms with E-state index in [9.17, 15) is 0 Å². The third kappa shape index (κ3) is 10.4. The van der Waals surface area contributed by atoms with Gasteiger partial charge in [0.05, 0.1) is 0 Å². The first-order valence-corrected chi connectivity index (χ1v) is 40.8. The maximum absolute atomic E-state index is 2.42. The zero-order chi connectivity index (χ0) is 77.1. The molecule has 2 aliphatic rings. The van der Waals surface area contributed by atoms with E-state index in [2.05, 4.69) is 428 Å². The molecule has 0 amide bonds. The van der Waals surface area contributed by atoms with Crippen LogP contribution in [-0.4, -0.2) is 0 Å². The van der Waals surface area contributed by atoms with E-state index in [1.807, 2.05) is 0 Å². The van der Waals surface area contributed by atoms with E-state index in [0.717, 1.165) is 0 Å². The molecule has 0 nitrogen and oxygen atoms in total. The fourth-order valence-corrected chi connectivity index (χ4v) is 20.7. The Kier molecular flexibility index (Phi) is 15.2. The van der Waals surface area contributed by atoms with Gasteiger partial charge in [0.2, 0.25) is 0 Å². The second kappa shape index (κ2) is 26.1. The van der Waals surface area contributed by atoms with Crippen molar-refractivity contribution in [3.05, 3.63) is 423 Å². The lowest BCUT2D eigenvalue weighted by Gasteiger charge is -2.22. The molecule has 0 aliphatic heterocycles. The fourth-order valence-electron chi connectivity index (χ4n) is 20.7. The molecule has 24 rings (SSSR count). The molecule has 0 radical (unpaired) electrons. The summed E-state index contributed by atoms with van der Waals surface area (Å²) in [5.41, 5.74) is 28.5. The summed E-state index contributed by atoms with van der Waals surface area (Å²) in [5, 5.41) is 28.1. The second-order valence-corrected chi connectivity index (χ2v) is 33.2. The lowest BCUT2D eigenvalue weighted by Crippen LogP contribution is -2.14. The first-order valence-electron chi connectivity index (χ1n) is 40.8. The lowest BCUT2D eigenvalue weighted by atomic mass is 9.81. The van der Waals surface area contributed by atoms with Crippen LogP contribution in [0.2, 0.25) is 0 Å². The van der Waals surface area contributed by atoms with Gasteiger partial charge in [-0.3, -0.25) is 0 Å². The van der Waals surface area contributed by atoms with Crippen LogP contribution in [0.3, 0.4) is 0 Å². The van der Waals surface area contributed by atoms with E-state index in [1.54, 1.807) is 0 Å². The molecule has 0 heterocycles. The monoisotopic (exact) mass is 1470 g/mol. The predicted molar refractivity (Wildman–Crippen MR) is 499 cm³/mol. The zero-order valence-electron chi connectivity index (χ0n) is 65.1. The molecule has 22 aromatic carbocycles. The van der Waals surface area contributed by atoms with Crippen molar-refractivity contribution in [3.8, 4) is 100 Å². The van der Waals surface area contributed by atoms with E-state index in [-0.39, 0.29) is 10.8 Å². The summed E-state index contributed by atoms with van der Waals surface area (Å²) in [7, 11) is 0. The van der Waals surface area contributed by atoms with Crippen LogP contribution in [0.5, 0.6) is 0 Å². The summed E-state index contributed by atoms with van der Waals surface area (Å²) in [6.07, 6.45) is 0. The van der Waals surface area contributed by atoms with Crippen molar-refractivity contribution in [2.75, 3.05) is 0 Å². The quantitative estimate of drug-likeness (QED) is 0.110. The molecule has 0 N–H and O–H groups in total. The highest BCUT2D eigenvalue weighted by molar-refractivity contribution is 6.27. The number of fused-ring (bicyclic) bond motifs is 19. The Morgan fingerprint density at radius 1 is 0.129 bits per heavy atom. The molecule has 116 heavy (non-hydrogen) atoms. The molecule has 0 saturated carbocycles. The lowest BCUT2D eigenvalue weighted by molar-refractivity contribution is 0.661. The number of benzene rings is 22. The summed E-state index contributed by atoms with van der Waals surface area (Å²) in [6, 6.07) is 150.